The summed E-state index contributed by atoms with van der Waals surface area (Å²) in [7, 11) is 4.01. The number of nitrogens with zero attached hydrogens (tertiary/aromatic N) is 3. The van der Waals surface area contributed by atoms with E-state index in [0.717, 1.165) is 44.9 Å². The van der Waals surface area contributed by atoms with Gasteiger partial charge in [0.25, 0.3) is 0 Å². The van der Waals surface area contributed by atoms with Crippen molar-refractivity contribution in [3.63, 3.8) is 0 Å². The van der Waals surface area contributed by atoms with Crippen LogP contribution in [0.2, 0.25) is 0 Å². The topological polar surface area (TPSA) is 60.6 Å². The maximum atomic E-state index is 4.99. The highest BCUT2D eigenvalue weighted by atomic mass is 32.1. The van der Waals surface area contributed by atoms with Gasteiger partial charge in [0.15, 0.2) is 0 Å². The van der Waals surface area contributed by atoms with E-state index in [1.165, 1.54) is 15.8 Å². The van der Waals surface area contributed by atoms with Crippen molar-refractivity contribution in [2.24, 2.45) is 0 Å². The molecular formula is C27H25N5S. The van der Waals surface area contributed by atoms with Crippen molar-refractivity contribution in [3.8, 4) is 21.8 Å². The zero-order chi connectivity index (χ0) is 22.9. The summed E-state index contributed by atoms with van der Waals surface area (Å²) < 4.78 is 0. The molecule has 6 heteroatoms. The third-order valence-electron chi connectivity index (χ3n) is 5.75. The van der Waals surface area contributed by atoms with Gasteiger partial charge in [-0.2, -0.15) is 5.10 Å². The lowest BCUT2D eigenvalue weighted by Crippen LogP contribution is -2.09. The molecule has 0 saturated carbocycles. The zero-order valence-electron chi connectivity index (χ0n) is 18.9. The minimum absolute atomic E-state index is 0.816. The Morgan fingerprint density at radius 2 is 1.97 bits per heavy atom. The Bertz CT molecular complexity index is 1510. The molecule has 4 aromatic heterocycles. The molecule has 0 aliphatic carbocycles. The molecule has 1 aromatic carbocycles. The SMILES string of the molecule is C=C/C(=C\C(=C/C)c1ccc2[nH]nc(-c3cc4c(-c5cccs5)cccc4[nH]3)c2n1)N(C)C. The molecule has 5 nitrogen and oxygen atoms in total. The molecule has 0 atom stereocenters. The third kappa shape index (κ3) is 3.79. The maximum absolute atomic E-state index is 4.99. The van der Waals surface area contributed by atoms with Crippen molar-refractivity contribution in [1.82, 2.24) is 25.1 Å². The van der Waals surface area contributed by atoms with Crippen LogP contribution in [-0.2, 0) is 0 Å². The quantitative estimate of drug-likeness (QED) is 0.277. The van der Waals surface area contributed by atoms with Crippen LogP contribution in [-0.4, -0.2) is 39.2 Å². The van der Waals surface area contributed by atoms with Gasteiger partial charge in [0, 0.05) is 41.1 Å². The number of H-pyrrole nitrogens is 2. The summed E-state index contributed by atoms with van der Waals surface area (Å²) in [4.78, 5) is 11.8. The molecule has 0 aliphatic heterocycles. The minimum atomic E-state index is 0.816. The Balaban J connectivity index is 1.62. The van der Waals surface area contributed by atoms with Gasteiger partial charge < -0.3 is 9.88 Å². The van der Waals surface area contributed by atoms with Crippen LogP contribution in [0.3, 0.4) is 0 Å². The Kier molecular flexibility index (Phi) is 5.44. The molecule has 4 heterocycles. The first-order valence-corrected chi connectivity index (χ1v) is 11.7. The highest BCUT2D eigenvalue weighted by molar-refractivity contribution is 7.13. The van der Waals surface area contributed by atoms with Crippen LogP contribution in [0.5, 0.6) is 0 Å². The smallest absolute Gasteiger partial charge is 0.135 e. The second-order valence-corrected chi connectivity index (χ2v) is 8.95. The van der Waals surface area contributed by atoms with Crippen molar-refractivity contribution in [2.75, 3.05) is 14.1 Å². The van der Waals surface area contributed by atoms with Crippen LogP contribution in [0.1, 0.15) is 12.6 Å². The van der Waals surface area contributed by atoms with Gasteiger partial charge >= 0.3 is 0 Å². The molecular weight excluding hydrogens is 426 g/mol. The molecule has 33 heavy (non-hydrogen) atoms. The monoisotopic (exact) mass is 451 g/mol. The van der Waals surface area contributed by atoms with Gasteiger partial charge in [0.1, 0.15) is 11.2 Å². The van der Waals surface area contributed by atoms with E-state index in [0.29, 0.717) is 0 Å². The summed E-state index contributed by atoms with van der Waals surface area (Å²) in [5, 5.41) is 11.0. The average molecular weight is 452 g/mol. The van der Waals surface area contributed by atoms with Crippen LogP contribution in [0.25, 0.3) is 49.3 Å². The number of rotatable bonds is 6. The van der Waals surface area contributed by atoms with Gasteiger partial charge in [0.05, 0.1) is 16.9 Å². The highest BCUT2D eigenvalue weighted by Gasteiger charge is 2.16. The maximum Gasteiger partial charge on any atom is 0.135 e. The minimum Gasteiger partial charge on any atom is -0.378 e. The largest absolute Gasteiger partial charge is 0.378 e. The van der Waals surface area contributed by atoms with Crippen molar-refractivity contribution in [2.45, 2.75) is 6.92 Å². The van der Waals surface area contributed by atoms with E-state index in [-0.39, 0.29) is 0 Å². The van der Waals surface area contributed by atoms with Crippen molar-refractivity contribution in [3.05, 3.63) is 90.1 Å². The lowest BCUT2D eigenvalue weighted by Gasteiger charge is -2.14. The molecule has 5 aromatic rings. The van der Waals surface area contributed by atoms with Gasteiger partial charge in [0.2, 0.25) is 0 Å². The Hall–Kier alpha value is -3.90. The van der Waals surface area contributed by atoms with Crippen LogP contribution < -0.4 is 0 Å². The standard InChI is InChI=1S/C27H25N5S/c1-5-17(15-18(6-2)32(3)4)21-12-13-23-26(29-21)27(31-30-23)24-16-20-19(25-11-8-14-33-25)9-7-10-22(20)28-24/h5-16,28H,2H2,1,3-4H3,(H,30,31)/b17-5+,18-15+. The third-order valence-corrected chi connectivity index (χ3v) is 6.65. The second kappa shape index (κ2) is 8.56. The molecule has 0 amide bonds. The molecule has 0 spiro atoms. The van der Waals surface area contributed by atoms with E-state index in [2.05, 4.69) is 75.7 Å². The molecule has 0 saturated heterocycles. The summed E-state index contributed by atoms with van der Waals surface area (Å²) in [6, 6.07) is 16.8. The molecule has 0 unspecified atom stereocenters. The number of aromatic amines is 2. The number of thiophene rings is 1. The first kappa shape index (κ1) is 21.0. The van der Waals surface area contributed by atoms with Gasteiger partial charge in [-0.15, -0.1) is 11.3 Å². The van der Waals surface area contributed by atoms with Crippen molar-refractivity contribution in [1.29, 1.82) is 0 Å². The first-order valence-electron chi connectivity index (χ1n) is 10.8. The predicted octanol–water partition coefficient (Wildman–Crippen LogP) is 6.87. The van der Waals surface area contributed by atoms with Crippen molar-refractivity contribution < 1.29 is 0 Å². The summed E-state index contributed by atoms with van der Waals surface area (Å²) >= 11 is 1.75. The Labute approximate surface area is 196 Å². The number of hydrogen-bond acceptors (Lipinski definition) is 4. The molecule has 0 aliphatic rings. The van der Waals surface area contributed by atoms with E-state index >= 15 is 0 Å². The summed E-state index contributed by atoms with van der Waals surface area (Å²) in [6.07, 6.45) is 6.01. The molecule has 164 valence electrons. The van der Waals surface area contributed by atoms with Crippen molar-refractivity contribution >= 4 is 38.8 Å². The van der Waals surface area contributed by atoms with E-state index in [1.54, 1.807) is 11.3 Å². The number of nitrogens with one attached hydrogen (secondary N) is 2. The normalized spacial score (nSPS) is 12.6. The molecule has 5 rings (SSSR count). The fraction of sp³-hybridized carbons (Fsp3) is 0.111. The number of hydrogen-bond donors (Lipinski definition) is 2. The fourth-order valence-corrected chi connectivity index (χ4v) is 4.78. The Morgan fingerprint density at radius 1 is 1.09 bits per heavy atom. The summed E-state index contributed by atoms with van der Waals surface area (Å²) in [6.45, 7) is 5.95. The fourth-order valence-electron chi connectivity index (χ4n) is 4.01. The number of pyridine rings is 1. The molecule has 0 bridgehead atoms. The molecule has 0 radical (unpaired) electrons. The van der Waals surface area contributed by atoms with Gasteiger partial charge in [-0.3, -0.25) is 5.10 Å². The van der Waals surface area contributed by atoms with Crippen LogP contribution >= 0.6 is 11.3 Å². The van der Waals surface area contributed by atoms with E-state index in [9.17, 15) is 0 Å². The lowest BCUT2D eigenvalue weighted by molar-refractivity contribution is 0.530. The number of fused-ring (bicyclic) bond motifs is 2. The highest BCUT2D eigenvalue weighted by Crippen LogP contribution is 2.35. The van der Waals surface area contributed by atoms with Crippen LogP contribution in [0.4, 0.5) is 0 Å². The molecule has 0 fully saturated rings. The average Bonchev–Trinajstić information content (AvgIpc) is 3.57. The number of benzene rings is 1. The van der Waals surface area contributed by atoms with E-state index < -0.39 is 0 Å². The van der Waals surface area contributed by atoms with Crippen LogP contribution in [0.15, 0.2) is 84.4 Å². The van der Waals surface area contributed by atoms with Gasteiger partial charge in [-0.1, -0.05) is 30.9 Å². The van der Waals surface area contributed by atoms with Gasteiger partial charge in [-0.25, -0.2) is 4.98 Å². The second-order valence-electron chi connectivity index (χ2n) is 8.00. The number of aromatic nitrogens is 4. The first-order chi connectivity index (χ1) is 16.1. The van der Waals surface area contributed by atoms with E-state index in [4.69, 9.17) is 4.98 Å². The van der Waals surface area contributed by atoms with E-state index in [1.807, 2.05) is 44.1 Å². The lowest BCUT2D eigenvalue weighted by atomic mass is 10.1. The summed E-state index contributed by atoms with van der Waals surface area (Å²) in [5.74, 6) is 0. The predicted molar refractivity (Wildman–Crippen MR) is 140 cm³/mol. The molecule has 2 N–H and O–H groups in total. The number of allylic oxidation sites excluding steroid dienone is 4. The van der Waals surface area contributed by atoms with Gasteiger partial charge in [-0.05, 0) is 60.4 Å². The summed E-state index contributed by atoms with van der Waals surface area (Å²) in [5.41, 5.74) is 8.76. The number of likely N-dealkylation sites (N-methyl/N-ethyl adjacent to an activating group) is 1. The van der Waals surface area contributed by atoms with Crippen LogP contribution in [0, 0.1) is 0 Å². The Morgan fingerprint density at radius 3 is 2.70 bits per heavy atom. The zero-order valence-corrected chi connectivity index (χ0v) is 19.7.